The standard InChI is InChI=1S/C22H22N2OS/c25-22(19-8-4-7-18(13-19)20-10-12-26-16-20)23-21-9-11-24(15-21)14-17-5-2-1-3-6-17/h1-8,10,12-13,16,21H,9,11,14-15H2,(H,23,25)/t21-/m0/s1. The van der Waals surface area contributed by atoms with Gasteiger partial charge >= 0.3 is 0 Å². The fourth-order valence-corrected chi connectivity index (χ4v) is 4.14. The van der Waals surface area contributed by atoms with E-state index in [1.807, 2.05) is 24.3 Å². The Balaban J connectivity index is 1.36. The molecule has 132 valence electrons. The molecule has 0 spiro atoms. The predicted molar refractivity (Wildman–Crippen MR) is 107 cm³/mol. The molecule has 0 radical (unpaired) electrons. The number of thiophene rings is 1. The van der Waals surface area contributed by atoms with Crippen LogP contribution in [0.5, 0.6) is 0 Å². The summed E-state index contributed by atoms with van der Waals surface area (Å²) in [5.74, 6) is 0.0219. The van der Waals surface area contributed by atoms with Gasteiger partial charge in [0.25, 0.3) is 5.91 Å². The number of nitrogens with zero attached hydrogens (tertiary/aromatic N) is 1. The minimum Gasteiger partial charge on any atom is -0.348 e. The molecule has 1 amide bonds. The molecule has 0 unspecified atom stereocenters. The first-order valence-electron chi connectivity index (χ1n) is 8.98. The van der Waals surface area contributed by atoms with Gasteiger partial charge in [0, 0.05) is 31.2 Å². The summed E-state index contributed by atoms with van der Waals surface area (Å²) in [5.41, 5.74) is 4.31. The van der Waals surface area contributed by atoms with Gasteiger partial charge in [0.15, 0.2) is 0 Å². The average Bonchev–Trinajstić information content (AvgIpc) is 3.35. The van der Waals surface area contributed by atoms with Gasteiger partial charge < -0.3 is 5.32 Å². The van der Waals surface area contributed by atoms with E-state index in [1.165, 1.54) is 11.1 Å². The van der Waals surface area contributed by atoms with Crippen molar-refractivity contribution in [3.05, 3.63) is 82.6 Å². The van der Waals surface area contributed by atoms with Crippen molar-refractivity contribution in [2.24, 2.45) is 0 Å². The lowest BCUT2D eigenvalue weighted by molar-refractivity contribution is 0.0937. The van der Waals surface area contributed by atoms with Crippen LogP contribution in [0.4, 0.5) is 0 Å². The van der Waals surface area contributed by atoms with Crippen molar-refractivity contribution in [2.45, 2.75) is 19.0 Å². The SMILES string of the molecule is O=C(N[C@H]1CCN(Cc2ccccc2)C1)c1cccc(-c2ccsc2)c1. The van der Waals surface area contributed by atoms with Gasteiger partial charge in [-0.25, -0.2) is 0 Å². The van der Waals surface area contributed by atoms with E-state index in [9.17, 15) is 4.79 Å². The number of carbonyl (C=O) groups excluding carboxylic acids is 1. The second kappa shape index (κ2) is 7.85. The van der Waals surface area contributed by atoms with Crippen LogP contribution < -0.4 is 5.32 Å². The van der Waals surface area contributed by atoms with Gasteiger partial charge in [-0.05, 0) is 52.1 Å². The summed E-state index contributed by atoms with van der Waals surface area (Å²) in [6.07, 6.45) is 1.00. The first-order valence-corrected chi connectivity index (χ1v) is 9.92. The molecule has 2 heterocycles. The Labute approximate surface area is 158 Å². The summed E-state index contributed by atoms with van der Waals surface area (Å²) in [6, 6.07) is 20.7. The summed E-state index contributed by atoms with van der Waals surface area (Å²) in [6.45, 7) is 2.88. The Morgan fingerprint density at radius 2 is 1.96 bits per heavy atom. The van der Waals surface area contributed by atoms with Gasteiger partial charge in [-0.1, -0.05) is 42.5 Å². The molecule has 26 heavy (non-hydrogen) atoms. The summed E-state index contributed by atoms with van der Waals surface area (Å²) >= 11 is 1.67. The normalized spacial score (nSPS) is 17.3. The van der Waals surface area contributed by atoms with Gasteiger partial charge in [-0.15, -0.1) is 0 Å². The van der Waals surface area contributed by atoms with E-state index in [0.29, 0.717) is 0 Å². The third-order valence-electron chi connectivity index (χ3n) is 4.84. The Hall–Kier alpha value is -2.43. The van der Waals surface area contributed by atoms with Crippen molar-refractivity contribution in [2.75, 3.05) is 13.1 Å². The number of benzene rings is 2. The molecule has 3 nitrogen and oxygen atoms in total. The molecule has 1 aromatic heterocycles. The summed E-state index contributed by atoms with van der Waals surface area (Å²) in [7, 11) is 0. The maximum Gasteiger partial charge on any atom is 0.251 e. The summed E-state index contributed by atoms with van der Waals surface area (Å²) in [5, 5.41) is 7.37. The van der Waals surface area contributed by atoms with Gasteiger partial charge in [-0.3, -0.25) is 9.69 Å². The lowest BCUT2D eigenvalue weighted by atomic mass is 10.1. The van der Waals surface area contributed by atoms with Crippen LogP contribution in [-0.4, -0.2) is 29.9 Å². The molecule has 1 aliphatic rings. The molecule has 1 N–H and O–H groups in total. The Morgan fingerprint density at radius 3 is 2.77 bits per heavy atom. The summed E-state index contributed by atoms with van der Waals surface area (Å²) < 4.78 is 0. The van der Waals surface area contributed by atoms with Crippen molar-refractivity contribution >= 4 is 17.2 Å². The maximum atomic E-state index is 12.7. The van der Waals surface area contributed by atoms with E-state index in [-0.39, 0.29) is 11.9 Å². The van der Waals surface area contributed by atoms with Gasteiger partial charge in [0.1, 0.15) is 0 Å². The zero-order valence-corrected chi connectivity index (χ0v) is 15.4. The highest BCUT2D eigenvalue weighted by Gasteiger charge is 2.24. The van der Waals surface area contributed by atoms with E-state index < -0.39 is 0 Å². The van der Waals surface area contributed by atoms with Crippen molar-refractivity contribution in [1.29, 1.82) is 0 Å². The highest BCUT2D eigenvalue weighted by Crippen LogP contribution is 2.23. The molecule has 4 rings (SSSR count). The average molecular weight is 362 g/mol. The van der Waals surface area contributed by atoms with Crippen molar-refractivity contribution in [3.63, 3.8) is 0 Å². The topological polar surface area (TPSA) is 32.3 Å². The van der Waals surface area contributed by atoms with Crippen LogP contribution in [0.2, 0.25) is 0 Å². The molecule has 4 heteroatoms. The smallest absolute Gasteiger partial charge is 0.251 e. The van der Waals surface area contributed by atoms with E-state index in [4.69, 9.17) is 0 Å². The van der Waals surface area contributed by atoms with Crippen LogP contribution in [0.15, 0.2) is 71.4 Å². The first-order chi connectivity index (χ1) is 12.8. The van der Waals surface area contributed by atoms with Gasteiger partial charge in [-0.2, -0.15) is 11.3 Å². The van der Waals surface area contributed by atoms with Gasteiger partial charge in [0.05, 0.1) is 0 Å². The number of rotatable bonds is 5. The number of carbonyl (C=O) groups is 1. The monoisotopic (exact) mass is 362 g/mol. The van der Waals surface area contributed by atoms with Crippen molar-refractivity contribution in [3.8, 4) is 11.1 Å². The number of amides is 1. The molecule has 3 aromatic rings. The maximum absolute atomic E-state index is 12.7. The Kier molecular flexibility index (Phi) is 5.14. The predicted octanol–water partition coefficient (Wildman–Crippen LogP) is 4.42. The molecular weight excluding hydrogens is 340 g/mol. The van der Waals surface area contributed by atoms with E-state index in [2.05, 4.69) is 57.4 Å². The van der Waals surface area contributed by atoms with Crippen LogP contribution >= 0.6 is 11.3 Å². The lowest BCUT2D eigenvalue weighted by Gasteiger charge is -2.17. The zero-order chi connectivity index (χ0) is 17.8. The first kappa shape index (κ1) is 17.0. The molecule has 0 aliphatic carbocycles. The molecule has 2 aromatic carbocycles. The lowest BCUT2D eigenvalue weighted by Crippen LogP contribution is -2.37. The van der Waals surface area contributed by atoms with Gasteiger partial charge in [0.2, 0.25) is 0 Å². The minimum atomic E-state index is 0.0219. The number of likely N-dealkylation sites (tertiary alicyclic amines) is 1. The second-order valence-electron chi connectivity index (χ2n) is 6.77. The largest absolute Gasteiger partial charge is 0.348 e. The molecule has 1 aliphatic heterocycles. The fourth-order valence-electron chi connectivity index (χ4n) is 3.47. The quantitative estimate of drug-likeness (QED) is 0.729. The zero-order valence-electron chi connectivity index (χ0n) is 14.6. The highest BCUT2D eigenvalue weighted by atomic mass is 32.1. The second-order valence-corrected chi connectivity index (χ2v) is 7.55. The molecule has 0 saturated carbocycles. The Morgan fingerprint density at radius 1 is 1.08 bits per heavy atom. The van der Waals surface area contributed by atoms with Crippen LogP contribution in [-0.2, 0) is 6.54 Å². The van der Waals surface area contributed by atoms with Crippen LogP contribution in [0, 0.1) is 0 Å². The van der Waals surface area contributed by atoms with Crippen LogP contribution in [0.25, 0.3) is 11.1 Å². The van der Waals surface area contributed by atoms with E-state index in [0.717, 1.165) is 37.2 Å². The molecule has 1 fully saturated rings. The fraction of sp³-hybridized carbons (Fsp3) is 0.227. The summed E-state index contributed by atoms with van der Waals surface area (Å²) in [4.78, 5) is 15.1. The molecule has 1 atom stereocenters. The van der Waals surface area contributed by atoms with E-state index in [1.54, 1.807) is 11.3 Å². The van der Waals surface area contributed by atoms with Crippen LogP contribution in [0.3, 0.4) is 0 Å². The highest BCUT2D eigenvalue weighted by molar-refractivity contribution is 7.08. The molecule has 1 saturated heterocycles. The minimum absolute atomic E-state index is 0.0219. The number of hydrogen-bond acceptors (Lipinski definition) is 3. The van der Waals surface area contributed by atoms with E-state index >= 15 is 0 Å². The Bertz CT molecular complexity index is 861. The molecule has 0 bridgehead atoms. The number of nitrogens with one attached hydrogen (secondary N) is 1. The van der Waals surface area contributed by atoms with Crippen molar-refractivity contribution < 1.29 is 4.79 Å². The molecular formula is C22H22N2OS. The third-order valence-corrected chi connectivity index (χ3v) is 5.52. The third kappa shape index (κ3) is 4.03. The van der Waals surface area contributed by atoms with Crippen molar-refractivity contribution in [1.82, 2.24) is 10.2 Å². The van der Waals surface area contributed by atoms with Crippen LogP contribution in [0.1, 0.15) is 22.3 Å². The number of hydrogen-bond donors (Lipinski definition) is 1.